The first-order valence-corrected chi connectivity index (χ1v) is 38.3. The molecule has 0 fully saturated rings. The van der Waals surface area contributed by atoms with Gasteiger partial charge in [-0.1, -0.05) is 273 Å². The van der Waals surface area contributed by atoms with Gasteiger partial charge in [0.1, 0.15) is 11.6 Å². The quantitative estimate of drug-likeness (QED) is 0.112. The number of imidazole rings is 2. The van der Waals surface area contributed by atoms with Crippen LogP contribution in [0.25, 0.3) is 227 Å². The molecule has 0 amide bonds. The Morgan fingerprint density at radius 1 is 0.243 bits per heavy atom. The molecule has 0 radical (unpaired) electrons. The molecule has 107 heavy (non-hydrogen) atoms. The molecule has 6 heteroatoms. The Labute approximate surface area is 622 Å². The Morgan fingerprint density at radius 3 is 1.13 bits per heavy atom. The highest BCUT2D eigenvalue weighted by Gasteiger charge is 2.25. The maximum Gasteiger partial charge on any atom is 0.145 e. The van der Waals surface area contributed by atoms with E-state index < -0.39 is 0 Å². The van der Waals surface area contributed by atoms with Crippen molar-refractivity contribution in [1.82, 2.24) is 19.1 Å². The molecule has 4 aromatic heterocycles. The standard InChI is InChI=1S/C101H60N4S2/c1-59-102-87-39-19-20-40-88(87)104(59)66-49-42-60(43-50-66)92-75-29-10-14-33-79(75)95(80-34-15-11-30-76(80)92)65-48-55-91-86(58-65)97-74-28-9-6-25-70(74)72-53-46-63(56-84(72)100(97)107-91)68-38-21-41-89-98(68)103-101(62-22-3-2-4-23-62)105(89)67-51-44-61(45-52-67)93-77-31-12-16-35-81(77)94(82-36-17-13-32-78(82)93)64-47-54-90-85(57-64)96-73-27-8-5-24-69(73)71-26-7-18-37-83(71)99(96)106-90/h2-58H,1H3. The van der Waals surface area contributed by atoms with Gasteiger partial charge in [0.2, 0.25) is 0 Å². The Kier molecular flexibility index (Phi) is 13.1. The van der Waals surface area contributed by atoms with Crippen molar-refractivity contribution in [1.29, 1.82) is 0 Å². The van der Waals surface area contributed by atoms with Gasteiger partial charge in [-0.3, -0.25) is 9.13 Å². The molecule has 4 heterocycles. The number of aromatic nitrogens is 4. The molecule has 0 spiro atoms. The van der Waals surface area contributed by atoms with Crippen LogP contribution >= 0.6 is 22.7 Å². The molecule has 0 saturated heterocycles. The number of benzene rings is 19. The number of thiophene rings is 2. The maximum atomic E-state index is 5.72. The van der Waals surface area contributed by atoms with Gasteiger partial charge in [-0.05, 0) is 205 Å². The van der Waals surface area contributed by atoms with Crippen LogP contribution in [0.4, 0.5) is 0 Å². The number of hydrogen-bond acceptors (Lipinski definition) is 4. The molecule has 23 aromatic rings. The third-order valence-electron chi connectivity index (χ3n) is 22.8. The summed E-state index contributed by atoms with van der Waals surface area (Å²) in [6, 6.07) is 129. The topological polar surface area (TPSA) is 35.6 Å². The van der Waals surface area contributed by atoms with Crippen molar-refractivity contribution >= 4 is 171 Å². The number of rotatable bonds is 8. The van der Waals surface area contributed by atoms with Gasteiger partial charge in [0.05, 0.1) is 22.1 Å². The lowest BCUT2D eigenvalue weighted by Gasteiger charge is -2.18. The molecule has 0 aliphatic rings. The summed E-state index contributed by atoms with van der Waals surface area (Å²) in [5.74, 6) is 1.87. The Bertz CT molecular complexity index is 7630. The van der Waals surface area contributed by atoms with Crippen LogP contribution in [-0.4, -0.2) is 19.1 Å². The molecule has 0 aliphatic heterocycles. The van der Waals surface area contributed by atoms with Gasteiger partial charge in [0.15, 0.2) is 0 Å². The highest BCUT2D eigenvalue weighted by molar-refractivity contribution is 7.27. The van der Waals surface area contributed by atoms with Crippen molar-refractivity contribution in [3.8, 4) is 78.4 Å². The fourth-order valence-electron chi connectivity index (χ4n) is 18.2. The van der Waals surface area contributed by atoms with Crippen molar-refractivity contribution in [2.24, 2.45) is 0 Å². The van der Waals surface area contributed by atoms with E-state index in [1.807, 2.05) is 22.7 Å². The van der Waals surface area contributed by atoms with E-state index in [4.69, 9.17) is 9.97 Å². The van der Waals surface area contributed by atoms with Gasteiger partial charge in [0.25, 0.3) is 0 Å². The molecular formula is C101H60N4S2. The minimum absolute atomic E-state index is 0.895. The van der Waals surface area contributed by atoms with Crippen LogP contribution in [0.3, 0.4) is 0 Å². The van der Waals surface area contributed by atoms with Gasteiger partial charge in [0, 0.05) is 73.6 Å². The van der Waals surface area contributed by atoms with E-state index in [0.29, 0.717) is 0 Å². The van der Waals surface area contributed by atoms with E-state index in [-0.39, 0.29) is 0 Å². The molecular weight excluding hydrogens is 1330 g/mol. The number of aryl methyl sites for hydroxylation is 1. The van der Waals surface area contributed by atoms with E-state index in [1.54, 1.807) is 0 Å². The summed E-state index contributed by atoms with van der Waals surface area (Å²) in [6.45, 7) is 2.09. The third-order valence-corrected chi connectivity index (χ3v) is 25.2. The second kappa shape index (κ2) is 23.3. The van der Waals surface area contributed by atoms with Crippen LogP contribution < -0.4 is 0 Å². The van der Waals surface area contributed by atoms with Crippen molar-refractivity contribution in [2.45, 2.75) is 6.92 Å². The Balaban J connectivity index is 0.646. The monoisotopic (exact) mass is 1390 g/mol. The lowest BCUT2D eigenvalue weighted by molar-refractivity contribution is 1.00. The Morgan fingerprint density at radius 2 is 0.617 bits per heavy atom. The summed E-state index contributed by atoms with van der Waals surface area (Å²) in [5.41, 5.74) is 19.3. The van der Waals surface area contributed by atoms with Crippen LogP contribution in [0.5, 0.6) is 0 Å². The summed E-state index contributed by atoms with van der Waals surface area (Å²) in [5, 5.41) is 25.3. The van der Waals surface area contributed by atoms with E-state index in [0.717, 1.165) is 67.3 Å². The second-order valence-electron chi connectivity index (χ2n) is 28.5. The summed E-state index contributed by atoms with van der Waals surface area (Å²) in [4.78, 5) is 10.6. The number of para-hydroxylation sites is 3. The lowest BCUT2D eigenvalue weighted by atomic mass is 9.85. The fraction of sp³-hybridized carbons (Fsp3) is 0.00990. The van der Waals surface area contributed by atoms with Crippen LogP contribution in [0.1, 0.15) is 5.82 Å². The average molecular weight is 1390 g/mol. The first kappa shape index (κ1) is 60.1. The molecule has 19 aromatic carbocycles. The summed E-state index contributed by atoms with van der Waals surface area (Å²) in [6.07, 6.45) is 0. The summed E-state index contributed by atoms with van der Waals surface area (Å²) in [7, 11) is 0. The number of nitrogens with zero attached hydrogens (tertiary/aromatic N) is 4. The van der Waals surface area contributed by atoms with Crippen molar-refractivity contribution in [3.05, 3.63) is 352 Å². The Hall–Kier alpha value is -13.4. The number of hydrogen-bond donors (Lipinski definition) is 0. The van der Waals surface area contributed by atoms with Gasteiger partial charge in [-0.2, -0.15) is 0 Å². The first-order valence-electron chi connectivity index (χ1n) is 36.7. The largest absolute Gasteiger partial charge is 0.297 e. The highest BCUT2D eigenvalue weighted by atomic mass is 32.1. The molecule has 0 atom stereocenters. The maximum absolute atomic E-state index is 5.72. The molecule has 0 unspecified atom stereocenters. The lowest BCUT2D eigenvalue weighted by Crippen LogP contribution is -1.98. The average Bonchev–Trinajstić information content (AvgIpc) is 1.33. The molecule has 496 valence electrons. The van der Waals surface area contributed by atoms with Crippen LogP contribution in [0.2, 0.25) is 0 Å². The van der Waals surface area contributed by atoms with Gasteiger partial charge in [-0.15, -0.1) is 22.7 Å². The predicted molar refractivity (Wildman–Crippen MR) is 459 cm³/mol. The zero-order valence-corrected chi connectivity index (χ0v) is 59.6. The van der Waals surface area contributed by atoms with Gasteiger partial charge < -0.3 is 0 Å². The minimum atomic E-state index is 0.895. The molecule has 0 aliphatic carbocycles. The van der Waals surface area contributed by atoms with Crippen molar-refractivity contribution < 1.29 is 0 Å². The van der Waals surface area contributed by atoms with Crippen molar-refractivity contribution in [2.75, 3.05) is 0 Å². The van der Waals surface area contributed by atoms with Crippen LogP contribution in [0.15, 0.2) is 346 Å². The molecule has 0 bridgehead atoms. The van der Waals surface area contributed by atoms with Crippen molar-refractivity contribution in [3.63, 3.8) is 0 Å². The first-order chi connectivity index (χ1) is 53.0. The normalized spacial score (nSPS) is 12.2. The van der Waals surface area contributed by atoms with E-state index >= 15 is 0 Å². The summed E-state index contributed by atoms with van der Waals surface area (Å²) < 4.78 is 9.82. The predicted octanol–water partition coefficient (Wildman–Crippen LogP) is 28.6. The zero-order chi connectivity index (χ0) is 70.1. The molecule has 0 N–H and O–H groups in total. The smallest absolute Gasteiger partial charge is 0.145 e. The second-order valence-corrected chi connectivity index (χ2v) is 30.6. The van der Waals surface area contributed by atoms with E-state index in [9.17, 15) is 0 Å². The van der Waals surface area contributed by atoms with Crippen LogP contribution in [0, 0.1) is 6.92 Å². The van der Waals surface area contributed by atoms with Gasteiger partial charge in [-0.25, -0.2) is 9.97 Å². The number of fused-ring (bicyclic) bond motifs is 22. The molecule has 0 saturated carbocycles. The zero-order valence-electron chi connectivity index (χ0n) is 58.0. The molecule has 4 nitrogen and oxygen atoms in total. The summed E-state index contributed by atoms with van der Waals surface area (Å²) >= 11 is 3.81. The van der Waals surface area contributed by atoms with E-state index in [1.165, 1.54) is 165 Å². The van der Waals surface area contributed by atoms with Crippen LogP contribution in [-0.2, 0) is 0 Å². The minimum Gasteiger partial charge on any atom is -0.297 e. The van der Waals surface area contributed by atoms with E-state index in [2.05, 4.69) is 362 Å². The van der Waals surface area contributed by atoms with Gasteiger partial charge >= 0.3 is 0 Å². The molecule has 23 rings (SSSR count). The fourth-order valence-corrected chi connectivity index (χ4v) is 20.7. The SMILES string of the molecule is Cc1nc2ccccc2n1-c1ccc(-c2c3ccccc3c(-c3ccc4sc5c6cc(-c7cccc8c7nc(-c7ccccc7)n8-c7ccc(-c8c9ccccc9c(-c9ccc%10sc%11c%12ccccc%12c%12ccccc%12c%11c%10c9)c9ccccc89)cc7)ccc6c6ccccc6c5c4c3)c3ccccc23)cc1. The third kappa shape index (κ3) is 8.95. The highest BCUT2D eigenvalue weighted by Crippen LogP contribution is 2.52.